The Hall–Kier alpha value is -0.300. The van der Waals surface area contributed by atoms with Crippen LogP contribution in [0.4, 0.5) is 0 Å². The maximum Gasteiger partial charge on any atom is 0.248 e. The number of halogens is 1. The Balaban J connectivity index is 2.44. The predicted octanol–water partition coefficient (Wildman–Crippen LogP) is 3.13. The van der Waals surface area contributed by atoms with Crippen LogP contribution in [0.3, 0.4) is 0 Å². The highest BCUT2D eigenvalue weighted by Gasteiger charge is 2.22. The van der Waals surface area contributed by atoms with E-state index in [2.05, 4.69) is 13.5 Å². The van der Waals surface area contributed by atoms with Crippen molar-refractivity contribution in [3.8, 4) is 0 Å². The van der Waals surface area contributed by atoms with Gasteiger partial charge in [-0.1, -0.05) is 26.3 Å². The van der Waals surface area contributed by atoms with E-state index < -0.39 is 0 Å². The van der Waals surface area contributed by atoms with Gasteiger partial charge in [-0.2, -0.15) is 0 Å². The third-order valence-corrected chi connectivity index (χ3v) is 3.00. The molecule has 2 heteroatoms. The van der Waals surface area contributed by atoms with E-state index in [1.54, 1.807) is 0 Å². The molecule has 0 radical (unpaired) electrons. The Kier molecular flexibility index (Phi) is 3.33. The summed E-state index contributed by atoms with van der Waals surface area (Å²) in [7, 11) is 0. The van der Waals surface area contributed by atoms with Crippen LogP contribution in [0.15, 0.2) is 12.2 Å². The summed E-state index contributed by atoms with van der Waals surface area (Å²) < 4.78 is 0. The minimum Gasteiger partial charge on any atom is -0.276 e. The van der Waals surface area contributed by atoms with Gasteiger partial charge in [0.1, 0.15) is 0 Å². The van der Waals surface area contributed by atoms with Crippen LogP contribution in [0.2, 0.25) is 0 Å². The van der Waals surface area contributed by atoms with Gasteiger partial charge in [0, 0.05) is 5.57 Å². The summed E-state index contributed by atoms with van der Waals surface area (Å²) in [6, 6.07) is 0. The summed E-state index contributed by atoms with van der Waals surface area (Å²) in [5, 5.41) is -0.352. The average Bonchev–Trinajstić information content (AvgIpc) is 2.04. The molecule has 68 valence electrons. The van der Waals surface area contributed by atoms with Gasteiger partial charge in [0.15, 0.2) is 0 Å². The third-order valence-electron chi connectivity index (χ3n) is 2.76. The lowest BCUT2D eigenvalue weighted by Gasteiger charge is -2.26. The van der Waals surface area contributed by atoms with E-state index in [9.17, 15) is 4.79 Å². The molecule has 0 aromatic rings. The van der Waals surface area contributed by atoms with Gasteiger partial charge >= 0.3 is 0 Å². The summed E-state index contributed by atoms with van der Waals surface area (Å²) in [6.07, 6.45) is 4.57. The van der Waals surface area contributed by atoms with Gasteiger partial charge in [0.05, 0.1) is 0 Å². The van der Waals surface area contributed by atoms with Crippen molar-refractivity contribution in [2.45, 2.75) is 32.6 Å². The molecule has 1 saturated carbocycles. The van der Waals surface area contributed by atoms with E-state index >= 15 is 0 Å². The molecule has 1 aliphatic carbocycles. The van der Waals surface area contributed by atoms with Crippen molar-refractivity contribution in [2.24, 2.45) is 11.8 Å². The summed E-state index contributed by atoms with van der Waals surface area (Å²) in [6.45, 7) is 5.97. The van der Waals surface area contributed by atoms with Gasteiger partial charge in [0.25, 0.3) is 0 Å². The first-order valence-electron chi connectivity index (χ1n) is 4.50. The first-order valence-corrected chi connectivity index (χ1v) is 4.87. The molecule has 0 atom stereocenters. The Morgan fingerprint density at radius 1 is 1.33 bits per heavy atom. The van der Waals surface area contributed by atoms with E-state index in [4.69, 9.17) is 11.6 Å². The van der Waals surface area contributed by atoms with Crippen LogP contribution in [-0.2, 0) is 4.79 Å². The van der Waals surface area contributed by atoms with E-state index in [0.29, 0.717) is 11.5 Å². The fraction of sp³-hybridized carbons (Fsp3) is 0.700. The monoisotopic (exact) mass is 186 g/mol. The minimum atomic E-state index is -0.352. The molecule has 0 aliphatic heterocycles. The van der Waals surface area contributed by atoms with E-state index in [-0.39, 0.29) is 5.24 Å². The molecule has 12 heavy (non-hydrogen) atoms. The molecule has 0 aromatic carbocycles. The van der Waals surface area contributed by atoms with Crippen LogP contribution in [0.25, 0.3) is 0 Å². The second-order valence-electron chi connectivity index (χ2n) is 3.76. The fourth-order valence-corrected chi connectivity index (χ4v) is 1.92. The lowest BCUT2D eigenvalue weighted by molar-refractivity contribution is -0.109. The lowest BCUT2D eigenvalue weighted by Crippen LogP contribution is -2.16. The summed E-state index contributed by atoms with van der Waals surface area (Å²) >= 11 is 5.36. The van der Waals surface area contributed by atoms with Crippen LogP contribution in [0.1, 0.15) is 32.6 Å². The van der Waals surface area contributed by atoms with E-state index in [1.165, 1.54) is 12.8 Å². The smallest absolute Gasteiger partial charge is 0.248 e. The summed E-state index contributed by atoms with van der Waals surface area (Å²) in [4.78, 5) is 10.8. The Labute approximate surface area is 78.8 Å². The van der Waals surface area contributed by atoms with Crippen molar-refractivity contribution in [3.05, 3.63) is 12.2 Å². The standard InChI is InChI=1S/C10H15ClO/c1-7-3-5-9(6-4-7)8(2)10(11)12/h7,9H,2-6H2,1H3. The Morgan fingerprint density at radius 3 is 2.25 bits per heavy atom. The minimum absolute atomic E-state index is 0.352. The number of hydrogen-bond donors (Lipinski definition) is 0. The zero-order chi connectivity index (χ0) is 9.14. The van der Waals surface area contributed by atoms with Gasteiger partial charge in [-0.05, 0) is 36.3 Å². The van der Waals surface area contributed by atoms with Crippen LogP contribution in [0, 0.1) is 11.8 Å². The summed E-state index contributed by atoms with van der Waals surface area (Å²) in [5.41, 5.74) is 0.614. The molecule has 0 saturated heterocycles. The Morgan fingerprint density at radius 2 is 1.83 bits per heavy atom. The quantitative estimate of drug-likeness (QED) is 0.479. The maximum absolute atomic E-state index is 10.8. The van der Waals surface area contributed by atoms with Crippen LogP contribution in [0.5, 0.6) is 0 Å². The largest absolute Gasteiger partial charge is 0.276 e. The van der Waals surface area contributed by atoms with E-state index in [0.717, 1.165) is 18.8 Å². The molecule has 1 aliphatic rings. The second kappa shape index (κ2) is 4.08. The molecule has 1 rings (SSSR count). The number of carbonyl (C=O) groups is 1. The molecular formula is C10H15ClO. The highest BCUT2D eigenvalue weighted by Crippen LogP contribution is 2.32. The molecule has 0 N–H and O–H groups in total. The number of rotatable bonds is 2. The molecule has 0 spiro atoms. The molecule has 0 aromatic heterocycles. The number of allylic oxidation sites excluding steroid dienone is 1. The first kappa shape index (κ1) is 9.79. The van der Waals surface area contributed by atoms with E-state index in [1.807, 2.05) is 0 Å². The predicted molar refractivity (Wildman–Crippen MR) is 51.1 cm³/mol. The van der Waals surface area contributed by atoms with Crippen molar-refractivity contribution in [1.82, 2.24) is 0 Å². The highest BCUT2D eigenvalue weighted by atomic mass is 35.5. The topological polar surface area (TPSA) is 17.1 Å². The first-order chi connectivity index (χ1) is 5.61. The van der Waals surface area contributed by atoms with Crippen molar-refractivity contribution in [2.75, 3.05) is 0 Å². The molecule has 0 unspecified atom stereocenters. The molecule has 0 amide bonds. The highest BCUT2D eigenvalue weighted by molar-refractivity contribution is 6.67. The number of carbonyl (C=O) groups excluding carboxylic acids is 1. The van der Waals surface area contributed by atoms with Crippen LogP contribution in [-0.4, -0.2) is 5.24 Å². The maximum atomic E-state index is 10.8. The fourth-order valence-electron chi connectivity index (χ4n) is 1.77. The van der Waals surface area contributed by atoms with Crippen LogP contribution < -0.4 is 0 Å². The third kappa shape index (κ3) is 2.34. The second-order valence-corrected chi connectivity index (χ2v) is 4.10. The lowest BCUT2D eigenvalue weighted by atomic mass is 9.80. The number of hydrogen-bond acceptors (Lipinski definition) is 1. The average molecular weight is 187 g/mol. The normalized spacial score (nSPS) is 29.8. The molecule has 1 nitrogen and oxygen atoms in total. The zero-order valence-corrected chi connectivity index (χ0v) is 8.23. The van der Waals surface area contributed by atoms with Gasteiger partial charge < -0.3 is 0 Å². The zero-order valence-electron chi connectivity index (χ0n) is 7.48. The van der Waals surface area contributed by atoms with Gasteiger partial charge in [0.2, 0.25) is 5.24 Å². The van der Waals surface area contributed by atoms with Gasteiger partial charge in [-0.15, -0.1) is 0 Å². The molecule has 1 fully saturated rings. The van der Waals surface area contributed by atoms with Crippen LogP contribution >= 0.6 is 11.6 Å². The van der Waals surface area contributed by atoms with Crippen molar-refractivity contribution in [3.63, 3.8) is 0 Å². The molecule has 0 bridgehead atoms. The van der Waals surface area contributed by atoms with Crippen molar-refractivity contribution in [1.29, 1.82) is 0 Å². The Bertz CT molecular complexity index is 190. The SMILES string of the molecule is C=C(C(=O)Cl)C1CCC(C)CC1. The van der Waals surface area contributed by atoms with Gasteiger partial charge in [-0.3, -0.25) is 4.79 Å². The van der Waals surface area contributed by atoms with Crippen molar-refractivity contribution >= 4 is 16.8 Å². The van der Waals surface area contributed by atoms with Crippen molar-refractivity contribution < 1.29 is 4.79 Å². The molecule has 0 heterocycles. The molecular weight excluding hydrogens is 172 g/mol. The summed E-state index contributed by atoms with van der Waals surface area (Å²) in [5.74, 6) is 1.16. The van der Waals surface area contributed by atoms with Gasteiger partial charge in [-0.25, -0.2) is 0 Å².